The number of ketones is 1. The minimum Gasteiger partial charge on any atom is -0.493 e. The van der Waals surface area contributed by atoms with Gasteiger partial charge >= 0.3 is 0 Å². The molecule has 7 nitrogen and oxygen atoms in total. The number of aromatic nitrogens is 3. The second kappa shape index (κ2) is 5.60. The highest BCUT2D eigenvalue weighted by Gasteiger charge is 2.20. The highest BCUT2D eigenvalue weighted by atomic mass is 16.5. The maximum Gasteiger partial charge on any atom is 0.212 e. The number of methoxy groups -OCH3 is 3. The number of nitrogens with zero attached hydrogens (tertiary/aromatic N) is 3. The van der Waals surface area contributed by atoms with Crippen molar-refractivity contribution >= 4 is 5.78 Å². The molecule has 0 N–H and O–H groups in total. The number of hydrogen-bond donors (Lipinski definition) is 0. The summed E-state index contributed by atoms with van der Waals surface area (Å²) in [5.74, 6) is 1.06. The summed E-state index contributed by atoms with van der Waals surface area (Å²) >= 11 is 0. The summed E-state index contributed by atoms with van der Waals surface area (Å²) in [6.45, 7) is 0. The van der Waals surface area contributed by atoms with Crippen molar-refractivity contribution in [2.75, 3.05) is 21.3 Å². The summed E-state index contributed by atoms with van der Waals surface area (Å²) in [6.07, 6.45) is 1.41. The summed E-state index contributed by atoms with van der Waals surface area (Å²) in [4.78, 5) is 12.4. The topological polar surface area (TPSA) is 75.5 Å². The molecule has 1 heterocycles. The van der Waals surface area contributed by atoms with E-state index in [9.17, 15) is 4.79 Å². The van der Waals surface area contributed by atoms with Gasteiger partial charge < -0.3 is 14.2 Å². The second-order valence-electron chi connectivity index (χ2n) is 3.99. The quantitative estimate of drug-likeness (QED) is 0.761. The number of hydrogen-bond acceptors (Lipinski definition) is 6. The third-order valence-electron chi connectivity index (χ3n) is 2.87. The number of ether oxygens (including phenoxy) is 3. The zero-order chi connectivity index (χ0) is 14.7. The molecular weight excluding hydrogens is 262 g/mol. The van der Waals surface area contributed by atoms with Crippen molar-refractivity contribution in [3.63, 3.8) is 0 Å². The van der Waals surface area contributed by atoms with Gasteiger partial charge in [-0.1, -0.05) is 5.21 Å². The molecule has 0 aliphatic heterocycles. The van der Waals surface area contributed by atoms with Crippen molar-refractivity contribution < 1.29 is 19.0 Å². The SMILES string of the molecule is COc1cc(C(=O)c2cnnn2C)cc(OC)c1OC. The van der Waals surface area contributed by atoms with Crippen LogP contribution in [0.5, 0.6) is 17.2 Å². The Morgan fingerprint density at radius 1 is 1.10 bits per heavy atom. The number of rotatable bonds is 5. The third-order valence-corrected chi connectivity index (χ3v) is 2.87. The van der Waals surface area contributed by atoms with Crippen LogP contribution in [-0.2, 0) is 7.05 Å². The van der Waals surface area contributed by atoms with Gasteiger partial charge in [-0.05, 0) is 12.1 Å². The Hall–Kier alpha value is -2.57. The summed E-state index contributed by atoms with van der Waals surface area (Å²) in [6, 6.07) is 3.19. The molecule has 1 aromatic heterocycles. The molecule has 2 rings (SSSR count). The minimum atomic E-state index is -0.225. The Morgan fingerprint density at radius 3 is 2.10 bits per heavy atom. The summed E-state index contributed by atoms with van der Waals surface area (Å²) in [5.41, 5.74) is 0.782. The Morgan fingerprint density at radius 2 is 1.70 bits per heavy atom. The lowest BCUT2D eigenvalue weighted by molar-refractivity contribution is 0.102. The largest absolute Gasteiger partial charge is 0.493 e. The van der Waals surface area contributed by atoms with Gasteiger partial charge in [-0.2, -0.15) is 0 Å². The molecule has 0 fully saturated rings. The molecule has 0 amide bonds. The van der Waals surface area contributed by atoms with Gasteiger partial charge in [0.25, 0.3) is 0 Å². The first-order valence-electron chi connectivity index (χ1n) is 5.81. The van der Waals surface area contributed by atoms with E-state index in [1.54, 1.807) is 19.2 Å². The van der Waals surface area contributed by atoms with Crippen LogP contribution in [0, 0.1) is 0 Å². The lowest BCUT2D eigenvalue weighted by Gasteiger charge is -2.13. The third kappa shape index (κ3) is 2.29. The average molecular weight is 277 g/mol. The average Bonchev–Trinajstić information content (AvgIpc) is 2.90. The maximum atomic E-state index is 12.4. The standard InChI is InChI=1S/C13H15N3O4/c1-16-9(7-14-15-16)12(17)8-5-10(18-2)13(20-4)11(6-8)19-3/h5-7H,1-4H3. The van der Waals surface area contributed by atoms with Crippen molar-refractivity contribution in [3.05, 3.63) is 29.6 Å². The monoisotopic (exact) mass is 277 g/mol. The maximum absolute atomic E-state index is 12.4. The molecule has 0 radical (unpaired) electrons. The van der Waals surface area contributed by atoms with Crippen LogP contribution in [0.2, 0.25) is 0 Å². The summed E-state index contributed by atoms with van der Waals surface area (Å²) in [7, 11) is 6.15. The lowest BCUT2D eigenvalue weighted by atomic mass is 10.1. The van der Waals surface area contributed by atoms with Crippen molar-refractivity contribution in [1.29, 1.82) is 0 Å². The van der Waals surface area contributed by atoms with Crippen LogP contribution in [-0.4, -0.2) is 42.1 Å². The van der Waals surface area contributed by atoms with Crippen LogP contribution >= 0.6 is 0 Å². The fraction of sp³-hybridized carbons (Fsp3) is 0.308. The van der Waals surface area contributed by atoms with Crippen molar-refractivity contribution in [2.45, 2.75) is 0 Å². The fourth-order valence-electron chi connectivity index (χ4n) is 1.86. The van der Waals surface area contributed by atoms with Crippen LogP contribution in [0.1, 0.15) is 16.1 Å². The molecule has 7 heteroatoms. The van der Waals surface area contributed by atoms with Crippen LogP contribution in [0.15, 0.2) is 18.3 Å². The molecule has 0 atom stereocenters. The van der Waals surface area contributed by atoms with E-state index in [0.717, 1.165) is 0 Å². The normalized spacial score (nSPS) is 10.2. The van der Waals surface area contributed by atoms with E-state index in [2.05, 4.69) is 10.3 Å². The van der Waals surface area contributed by atoms with Gasteiger partial charge in [0.05, 0.1) is 27.5 Å². The molecule has 0 saturated heterocycles. The molecule has 0 saturated carbocycles. The number of benzene rings is 1. The second-order valence-corrected chi connectivity index (χ2v) is 3.99. The fourth-order valence-corrected chi connectivity index (χ4v) is 1.86. The van der Waals surface area contributed by atoms with E-state index in [4.69, 9.17) is 14.2 Å². The van der Waals surface area contributed by atoms with Gasteiger partial charge in [0.15, 0.2) is 11.5 Å². The van der Waals surface area contributed by atoms with Gasteiger partial charge in [0, 0.05) is 12.6 Å². The summed E-state index contributed by atoms with van der Waals surface area (Å²) in [5, 5.41) is 7.43. The predicted octanol–water partition coefficient (Wildman–Crippen LogP) is 1.07. The van der Waals surface area contributed by atoms with Crippen molar-refractivity contribution in [1.82, 2.24) is 15.0 Å². The Balaban J connectivity index is 2.53. The van der Waals surface area contributed by atoms with E-state index in [0.29, 0.717) is 28.5 Å². The molecule has 0 spiro atoms. The van der Waals surface area contributed by atoms with Gasteiger partial charge in [-0.25, -0.2) is 4.68 Å². The Labute approximate surface area is 116 Å². The van der Waals surface area contributed by atoms with Crippen molar-refractivity contribution in [3.8, 4) is 17.2 Å². The lowest BCUT2D eigenvalue weighted by Crippen LogP contribution is -2.09. The van der Waals surface area contributed by atoms with Crippen LogP contribution in [0.3, 0.4) is 0 Å². The molecule has 20 heavy (non-hydrogen) atoms. The molecule has 0 aliphatic rings. The Bertz CT molecular complexity index is 611. The van der Waals surface area contributed by atoms with E-state index < -0.39 is 0 Å². The zero-order valence-corrected chi connectivity index (χ0v) is 11.7. The van der Waals surface area contributed by atoms with Crippen molar-refractivity contribution in [2.24, 2.45) is 7.05 Å². The highest BCUT2D eigenvalue weighted by Crippen LogP contribution is 2.38. The van der Waals surface area contributed by atoms with Gasteiger partial charge in [-0.3, -0.25) is 4.79 Å². The molecule has 0 aliphatic carbocycles. The molecule has 0 unspecified atom stereocenters. The highest BCUT2D eigenvalue weighted by molar-refractivity contribution is 6.08. The van der Waals surface area contributed by atoms with E-state index in [1.807, 2.05) is 0 Å². The number of aryl methyl sites for hydroxylation is 1. The first-order valence-corrected chi connectivity index (χ1v) is 5.81. The van der Waals surface area contributed by atoms with Gasteiger partial charge in [-0.15, -0.1) is 5.10 Å². The first-order chi connectivity index (χ1) is 9.62. The first kappa shape index (κ1) is 13.9. The molecule has 2 aromatic rings. The van der Waals surface area contributed by atoms with Crippen LogP contribution in [0.4, 0.5) is 0 Å². The molecular formula is C13H15N3O4. The minimum absolute atomic E-state index is 0.225. The van der Waals surface area contributed by atoms with Crippen LogP contribution < -0.4 is 14.2 Å². The van der Waals surface area contributed by atoms with Gasteiger partial charge in [0.1, 0.15) is 5.69 Å². The zero-order valence-electron chi connectivity index (χ0n) is 11.7. The van der Waals surface area contributed by atoms with E-state index in [-0.39, 0.29) is 5.78 Å². The number of carbonyl (C=O) groups is 1. The smallest absolute Gasteiger partial charge is 0.212 e. The van der Waals surface area contributed by atoms with E-state index >= 15 is 0 Å². The summed E-state index contributed by atoms with van der Waals surface area (Å²) < 4.78 is 17.1. The molecule has 1 aromatic carbocycles. The predicted molar refractivity (Wildman–Crippen MR) is 70.5 cm³/mol. The van der Waals surface area contributed by atoms with Crippen LogP contribution in [0.25, 0.3) is 0 Å². The van der Waals surface area contributed by atoms with E-state index in [1.165, 1.54) is 32.2 Å². The number of carbonyl (C=O) groups excluding carboxylic acids is 1. The molecule has 0 bridgehead atoms. The Kier molecular flexibility index (Phi) is 3.88. The molecule has 106 valence electrons. The van der Waals surface area contributed by atoms with Gasteiger partial charge in [0.2, 0.25) is 11.5 Å².